The van der Waals surface area contributed by atoms with Crippen LogP contribution in [0.25, 0.3) is 0 Å². The van der Waals surface area contributed by atoms with E-state index in [-0.39, 0.29) is 6.04 Å². The maximum absolute atomic E-state index is 5.11. The zero-order valence-corrected chi connectivity index (χ0v) is 9.65. The normalized spacial score (nSPS) is 12.8. The molecule has 1 aromatic rings. The monoisotopic (exact) mass is 214 g/mol. The molecule has 0 fully saturated rings. The van der Waals surface area contributed by atoms with Crippen LogP contribution in [0.15, 0.2) is 4.52 Å². The van der Waals surface area contributed by atoms with E-state index in [4.69, 9.17) is 9.26 Å². The fourth-order valence-corrected chi connectivity index (χ4v) is 1.17. The van der Waals surface area contributed by atoms with Crippen molar-refractivity contribution in [2.75, 3.05) is 39.8 Å². The summed E-state index contributed by atoms with van der Waals surface area (Å²) in [6.45, 7) is 0.621. The predicted molar refractivity (Wildman–Crippen MR) is 57.1 cm³/mol. The van der Waals surface area contributed by atoms with Crippen molar-refractivity contribution in [2.24, 2.45) is 0 Å². The Morgan fingerprint density at radius 3 is 2.73 bits per heavy atom. The third kappa shape index (κ3) is 3.49. The molecule has 1 rings (SSSR count). The lowest BCUT2D eigenvalue weighted by Gasteiger charge is -2.11. The van der Waals surface area contributed by atoms with Crippen LogP contribution in [0.1, 0.15) is 5.89 Å². The highest BCUT2D eigenvalue weighted by Crippen LogP contribution is 2.07. The maximum atomic E-state index is 5.11. The van der Waals surface area contributed by atoms with E-state index in [0.717, 1.165) is 0 Å². The number of aromatic nitrogens is 2. The molecule has 0 amide bonds. The third-order valence-electron chi connectivity index (χ3n) is 2.05. The zero-order chi connectivity index (χ0) is 11.3. The summed E-state index contributed by atoms with van der Waals surface area (Å²) in [6.07, 6.45) is 0.672. The molecule has 0 aliphatic rings. The van der Waals surface area contributed by atoms with Crippen LogP contribution in [0.2, 0.25) is 0 Å². The lowest BCUT2D eigenvalue weighted by molar-refractivity contribution is 0.165. The summed E-state index contributed by atoms with van der Waals surface area (Å²) in [5, 5.41) is 6.96. The Hall–Kier alpha value is -1.14. The van der Waals surface area contributed by atoms with Gasteiger partial charge in [-0.15, -0.1) is 0 Å². The van der Waals surface area contributed by atoms with Gasteiger partial charge in [0.2, 0.25) is 5.89 Å². The van der Waals surface area contributed by atoms with E-state index in [1.54, 1.807) is 12.0 Å². The van der Waals surface area contributed by atoms with Crippen molar-refractivity contribution >= 4 is 5.95 Å². The maximum Gasteiger partial charge on any atom is 0.265 e. The van der Waals surface area contributed by atoms with Crippen LogP contribution in [-0.2, 0) is 11.2 Å². The Bertz CT molecular complexity index is 287. The minimum atomic E-state index is 0.200. The highest BCUT2D eigenvalue weighted by atomic mass is 16.5. The Morgan fingerprint density at radius 1 is 1.53 bits per heavy atom. The van der Waals surface area contributed by atoms with Gasteiger partial charge in [-0.1, -0.05) is 0 Å². The van der Waals surface area contributed by atoms with Gasteiger partial charge in [-0.25, -0.2) is 0 Å². The second-order valence-corrected chi connectivity index (χ2v) is 3.53. The van der Waals surface area contributed by atoms with Crippen molar-refractivity contribution < 1.29 is 9.26 Å². The first-order chi connectivity index (χ1) is 7.17. The Morgan fingerprint density at radius 2 is 2.27 bits per heavy atom. The number of methoxy groups -OCH3 is 1. The Balaban J connectivity index is 2.55. The summed E-state index contributed by atoms with van der Waals surface area (Å²) >= 11 is 0. The molecule has 6 heteroatoms. The van der Waals surface area contributed by atoms with Gasteiger partial charge >= 0.3 is 0 Å². The smallest absolute Gasteiger partial charge is 0.265 e. The number of nitrogens with one attached hydrogen (secondary N) is 1. The molecule has 6 nitrogen and oxygen atoms in total. The van der Waals surface area contributed by atoms with E-state index in [0.29, 0.717) is 24.9 Å². The van der Waals surface area contributed by atoms with Gasteiger partial charge in [0.25, 0.3) is 5.95 Å². The molecule has 0 spiro atoms. The van der Waals surface area contributed by atoms with Crippen LogP contribution in [0.4, 0.5) is 5.95 Å². The first-order valence-electron chi connectivity index (χ1n) is 4.83. The van der Waals surface area contributed by atoms with Gasteiger partial charge in [0.05, 0.1) is 6.61 Å². The van der Waals surface area contributed by atoms with Crippen LogP contribution in [0.5, 0.6) is 0 Å². The molecular formula is C9H18N4O2. The van der Waals surface area contributed by atoms with E-state index in [9.17, 15) is 0 Å². The van der Waals surface area contributed by atoms with Gasteiger partial charge in [0, 0.05) is 33.7 Å². The topological polar surface area (TPSA) is 63.4 Å². The van der Waals surface area contributed by atoms with Crippen molar-refractivity contribution in [1.82, 2.24) is 15.5 Å². The number of hydrogen-bond acceptors (Lipinski definition) is 6. The standard InChI is InChI=1S/C9H18N4O2/c1-10-7(6-14-4)5-8-11-9(12-15-8)13(2)3/h7,10H,5-6H2,1-4H3. The molecule has 0 radical (unpaired) electrons. The Labute approximate surface area is 89.6 Å². The van der Waals surface area contributed by atoms with Gasteiger partial charge in [0.15, 0.2) is 0 Å². The summed E-state index contributed by atoms with van der Waals surface area (Å²) in [7, 11) is 7.30. The van der Waals surface area contributed by atoms with Crippen LogP contribution in [-0.4, -0.2) is 51.0 Å². The number of likely N-dealkylation sites (N-methyl/N-ethyl adjacent to an activating group) is 1. The predicted octanol–water partition coefficient (Wildman–Crippen LogP) is -0.0875. The summed E-state index contributed by atoms with van der Waals surface area (Å²) in [5.41, 5.74) is 0. The van der Waals surface area contributed by atoms with Crippen LogP contribution >= 0.6 is 0 Å². The van der Waals surface area contributed by atoms with Gasteiger partial charge in [-0.2, -0.15) is 4.98 Å². The molecule has 0 aliphatic heterocycles. The molecular weight excluding hydrogens is 196 g/mol. The molecule has 0 aliphatic carbocycles. The average molecular weight is 214 g/mol. The first kappa shape index (κ1) is 11.9. The van der Waals surface area contributed by atoms with Crippen LogP contribution in [0, 0.1) is 0 Å². The van der Waals surface area contributed by atoms with Crippen molar-refractivity contribution in [2.45, 2.75) is 12.5 Å². The highest BCUT2D eigenvalue weighted by Gasteiger charge is 2.13. The van der Waals surface area contributed by atoms with E-state index < -0.39 is 0 Å². The summed E-state index contributed by atoms with van der Waals surface area (Å²) in [4.78, 5) is 6.04. The molecule has 0 aromatic carbocycles. The number of anilines is 1. The lowest BCUT2D eigenvalue weighted by Crippen LogP contribution is -2.32. The van der Waals surface area contributed by atoms with Crippen molar-refractivity contribution in [3.8, 4) is 0 Å². The quantitative estimate of drug-likeness (QED) is 0.714. The molecule has 1 heterocycles. The number of ether oxygens (including phenoxy) is 1. The van der Waals surface area contributed by atoms with Gasteiger partial charge < -0.3 is 19.5 Å². The Kier molecular flexibility index (Phi) is 4.51. The van der Waals surface area contributed by atoms with Crippen LogP contribution < -0.4 is 10.2 Å². The van der Waals surface area contributed by atoms with E-state index in [1.807, 2.05) is 21.1 Å². The largest absolute Gasteiger partial charge is 0.383 e. The molecule has 1 aromatic heterocycles. The van der Waals surface area contributed by atoms with Crippen molar-refractivity contribution in [1.29, 1.82) is 0 Å². The number of rotatable bonds is 6. The molecule has 1 unspecified atom stereocenters. The first-order valence-corrected chi connectivity index (χ1v) is 4.83. The minimum absolute atomic E-state index is 0.200. The SMILES string of the molecule is CNC(COC)Cc1nc(N(C)C)no1. The number of hydrogen-bond donors (Lipinski definition) is 1. The fraction of sp³-hybridized carbons (Fsp3) is 0.778. The summed E-state index contributed by atoms with van der Waals surface area (Å²) in [6, 6.07) is 0.200. The average Bonchev–Trinajstić information content (AvgIpc) is 2.65. The molecule has 86 valence electrons. The van der Waals surface area contributed by atoms with E-state index >= 15 is 0 Å². The molecule has 15 heavy (non-hydrogen) atoms. The second kappa shape index (κ2) is 5.67. The third-order valence-corrected chi connectivity index (χ3v) is 2.05. The molecule has 1 N–H and O–H groups in total. The fourth-order valence-electron chi connectivity index (χ4n) is 1.17. The summed E-state index contributed by atoms with van der Waals surface area (Å²) < 4.78 is 10.2. The van der Waals surface area contributed by atoms with Gasteiger partial charge in [-0.05, 0) is 12.2 Å². The van der Waals surface area contributed by atoms with Crippen LogP contribution in [0.3, 0.4) is 0 Å². The lowest BCUT2D eigenvalue weighted by atomic mass is 10.2. The molecule has 0 saturated heterocycles. The molecule has 0 bridgehead atoms. The van der Waals surface area contributed by atoms with E-state index in [2.05, 4.69) is 15.5 Å². The summed E-state index contributed by atoms with van der Waals surface area (Å²) in [5.74, 6) is 1.22. The molecule has 1 atom stereocenters. The van der Waals surface area contributed by atoms with Crippen molar-refractivity contribution in [3.05, 3.63) is 5.89 Å². The number of nitrogens with zero attached hydrogens (tertiary/aromatic N) is 3. The zero-order valence-electron chi connectivity index (χ0n) is 9.65. The second-order valence-electron chi connectivity index (χ2n) is 3.53. The van der Waals surface area contributed by atoms with Crippen molar-refractivity contribution in [3.63, 3.8) is 0 Å². The van der Waals surface area contributed by atoms with E-state index in [1.165, 1.54) is 0 Å². The molecule has 0 saturated carbocycles. The highest BCUT2D eigenvalue weighted by molar-refractivity contribution is 5.23. The minimum Gasteiger partial charge on any atom is -0.383 e. The van der Waals surface area contributed by atoms with Gasteiger partial charge in [0.1, 0.15) is 0 Å². The van der Waals surface area contributed by atoms with Gasteiger partial charge in [-0.3, -0.25) is 0 Å².